The third-order valence-corrected chi connectivity index (χ3v) is 3.62. The van der Waals surface area contributed by atoms with Crippen LogP contribution in [0.4, 0.5) is 5.69 Å². The Morgan fingerprint density at radius 1 is 1.65 bits per heavy atom. The molecule has 0 bridgehead atoms. The highest BCUT2D eigenvalue weighted by Crippen LogP contribution is 2.19. The number of nitrogens with one attached hydrogen (secondary N) is 2. The Morgan fingerprint density at radius 2 is 2.47 bits per heavy atom. The van der Waals surface area contributed by atoms with E-state index in [1.165, 1.54) is 0 Å². The normalized spacial score (nSPS) is 18.7. The van der Waals surface area contributed by atoms with Gasteiger partial charge in [0.2, 0.25) is 5.91 Å². The number of anilines is 1. The molecule has 1 heterocycles. The van der Waals surface area contributed by atoms with Crippen molar-refractivity contribution in [1.29, 1.82) is 5.26 Å². The summed E-state index contributed by atoms with van der Waals surface area (Å²) in [6, 6.07) is 7.41. The Hall–Kier alpha value is -1.51. The summed E-state index contributed by atoms with van der Waals surface area (Å²) in [7, 11) is 0. The lowest BCUT2D eigenvalue weighted by Gasteiger charge is -2.12. The van der Waals surface area contributed by atoms with Gasteiger partial charge in [-0.3, -0.25) is 10.1 Å². The van der Waals surface area contributed by atoms with Gasteiger partial charge in [-0.05, 0) is 18.6 Å². The predicted molar refractivity (Wildman–Crippen MR) is 68.8 cm³/mol. The maximum absolute atomic E-state index is 11.9. The minimum atomic E-state index is -0.160. The highest BCUT2D eigenvalue weighted by Gasteiger charge is 2.23. The van der Waals surface area contributed by atoms with Crippen LogP contribution in [-0.2, 0) is 4.79 Å². The van der Waals surface area contributed by atoms with Gasteiger partial charge < -0.3 is 5.32 Å². The maximum Gasteiger partial charge on any atom is 0.242 e. The van der Waals surface area contributed by atoms with Crippen molar-refractivity contribution < 1.29 is 4.79 Å². The van der Waals surface area contributed by atoms with Gasteiger partial charge in [0.15, 0.2) is 0 Å². The Labute approximate surface area is 104 Å². The first-order valence-corrected chi connectivity index (χ1v) is 6.49. The lowest BCUT2D eigenvalue weighted by molar-refractivity contribution is -0.117. The second-order valence-corrected chi connectivity index (χ2v) is 4.90. The SMILES string of the molecule is Cc1cccc(NC(=O)C2CSCN2)c1C#N. The van der Waals surface area contributed by atoms with Gasteiger partial charge in [0, 0.05) is 11.6 Å². The molecule has 2 N–H and O–H groups in total. The molecule has 0 radical (unpaired) electrons. The van der Waals surface area contributed by atoms with Crippen molar-refractivity contribution in [2.24, 2.45) is 0 Å². The molecule has 1 aromatic carbocycles. The van der Waals surface area contributed by atoms with Crippen molar-refractivity contribution in [2.75, 3.05) is 16.9 Å². The molecule has 0 aromatic heterocycles. The van der Waals surface area contributed by atoms with E-state index >= 15 is 0 Å². The van der Waals surface area contributed by atoms with Gasteiger partial charge >= 0.3 is 0 Å². The van der Waals surface area contributed by atoms with Gasteiger partial charge in [-0.2, -0.15) is 5.26 Å². The zero-order valence-corrected chi connectivity index (χ0v) is 10.3. The van der Waals surface area contributed by atoms with E-state index in [4.69, 9.17) is 5.26 Å². The minimum Gasteiger partial charge on any atom is -0.323 e. The number of hydrogen-bond acceptors (Lipinski definition) is 4. The van der Waals surface area contributed by atoms with Crippen LogP contribution in [0.25, 0.3) is 0 Å². The van der Waals surface area contributed by atoms with Crippen LogP contribution in [0.2, 0.25) is 0 Å². The molecule has 0 saturated carbocycles. The van der Waals surface area contributed by atoms with Crippen molar-refractivity contribution in [3.8, 4) is 6.07 Å². The summed E-state index contributed by atoms with van der Waals surface area (Å²) < 4.78 is 0. The summed E-state index contributed by atoms with van der Waals surface area (Å²) in [5, 5.41) is 15.0. The first-order valence-electron chi connectivity index (χ1n) is 5.34. The number of amides is 1. The second kappa shape index (κ2) is 5.21. The number of aryl methyl sites for hydroxylation is 1. The Morgan fingerprint density at radius 3 is 3.12 bits per heavy atom. The fourth-order valence-electron chi connectivity index (χ4n) is 1.70. The first kappa shape index (κ1) is 12.0. The van der Waals surface area contributed by atoms with Gasteiger partial charge in [0.25, 0.3) is 0 Å². The van der Waals surface area contributed by atoms with E-state index in [9.17, 15) is 4.79 Å². The Balaban J connectivity index is 2.16. The number of rotatable bonds is 2. The topological polar surface area (TPSA) is 64.9 Å². The molecule has 17 heavy (non-hydrogen) atoms. The Bertz CT molecular complexity index is 475. The van der Waals surface area contributed by atoms with E-state index in [1.807, 2.05) is 19.1 Å². The third kappa shape index (κ3) is 2.60. The molecule has 1 unspecified atom stereocenters. The molecule has 5 heteroatoms. The van der Waals surface area contributed by atoms with Gasteiger partial charge in [-0.15, -0.1) is 11.8 Å². The zero-order valence-electron chi connectivity index (χ0n) is 9.49. The van der Waals surface area contributed by atoms with E-state index in [-0.39, 0.29) is 11.9 Å². The van der Waals surface area contributed by atoms with Gasteiger partial charge in [-0.1, -0.05) is 12.1 Å². The largest absolute Gasteiger partial charge is 0.323 e. The highest BCUT2D eigenvalue weighted by molar-refractivity contribution is 7.99. The van der Waals surface area contributed by atoms with E-state index < -0.39 is 0 Å². The van der Waals surface area contributed by atoms with E-state index in [0.29, 0.717) is 11.3 Å². The van der Waals surface area contributed by atoms with E-state index in [2.05, 4.69) is 16.7 Å². The number of benzene rings is 1. The molecule has 1 aliphatic heterocycles. The van der Waals surface area contributed by atoms with Crippen LogP contribution < -0.4 is 10.6 Å². The second-order valence-electron chi connectivity index (χ2n) is 3.87. The average molecular weight is 247 g/mol. The van der Waals surface area contributed by atoms with Gasteiger partial charge in [0.1, 0.15) is 6.07 Å². The maximum atomic E-state index is 11.9. The fourth-order valence-corrected chi connectivity index (χ4v) is 2.65. The Kier molecular flexibility index (Phi) is 3.67. The number of carbonyl (C=O) groups is 1. The van der Waals surface area contributed by atoms with Crippen LogP contribution in [-0.4, -0.2) is 23.6 Å². The van der Waals surface area contributed by atoms with Crippen molar-refractivity contribution in [3.63, 3.8) is 0 Å². The summed E-state index contributed by atoms with van der Waals surface area (Å²) >= 11 is 1.70. The molecule has 2 rings (SSSR count). The van der Waals surface area contributed by atoms with Crippen LogP contribution in [0.3, 0.4) is 0 Å². The molecule has 1 aliphatic rings. The van der Waals surface area contributed by atoms with Crippen molar-refractivity contribution in [3.05, 3.63) is 29.3 Å². The average Bonchev–Trinajstić information content (AvgIpc) is 2.82. The van der Waals surface area contributed by atoms with Crippen LogP contribution in [0.5, 0.6) is 0 Å². The van der Waals surface area contributed by atoms with Crippen LogP contribution in [0.1, 0.15) is 11.1 Å². The van der Waals surface area contributed by atoms with Crippen molar-refractivity contribution in [1.82, 2.24) is 5.32 Å². The zero-order chi connectivity index (χ0) is 12.3. The summed E-state index contributed by atoms with van der Waals surface area (Å²) in [4.78, 5) is 11.9. The molecule has 1 atom stereocenters. The highest BCUT2D eigenvalue weighted by atomic mass is 32.2. The molecule has 1 aromatic rings. The number of nitriles is 1. The number of thioether (sulfide) groups is 1. The van der Waals surface area contributed by atoms with Crippen LogP contribution in [0.15, 0.2) is 18.2 Å². The lowest BCUT2D eigenvalue weighted by Crippen LogP contribution is -2.37. The van der Waals surface area contributed by atoms with E-state index in [1.54, 1.807) is 17.8 Å². The molecular weight excluding hydrogens is 234 g/mol. The molecule has 88 valence electrons. The number of nitrogens with zero attached hydrogens (tertiary/aromatic N) is 1. The summed E-state index contributed by atoms with van der Waals surface area (Å²) in [6.45, 7) is 1.86. The number of carbonyl (C=O) groups excluding carboxylic acids is 1. The van der Waals surface area contributed by atoms with Crippen molar-refractivity contribution in [2.45, 2.75) is 13.0 Å². The first-order chi connectivity index (χ1) is 8.22. The monoisotopic (exact) mass is 247 g/mol. The standard InChI is InChI=1S/C12H13N3OS/c1-8-3-2-4-10(9(8)5-13)15-12(16)11-6-17-7-14-11/h2-4,11,14H,6-7H2,1H3,(H,15,16). The van der Waals surface area contributed by atoms with Crippen LogP contribution in [0, 0.1) is 18.3 Å². The molecular formula is C12H13N3OS. The third-order valence-electron chi connectivity index (χ3n) is 2.68. The van der Waals surface area contributed by atoms with E-state index in [0.717, 1.165) is 17.2 Å². The summed E-state index contributed by atoms with van der Waals surface area (Å²) in [5.41, 5.74) is 2.00. The molecule has 0 spiro atoms. The summed E-state index contributed by atoms with van der Waals surface area (Å²) in [6.07, 6.45) is 0. The summed E-state index contributed by atoms with van der Waals surface area (Å²) in [5.74, 6) is 1.51. The minimum absolute atomic E-state index is 0.0721. The van der Waals surface area contributed by atoms with Crippen molar-refractivity contribution >= 4 is 23.4 Å². The van der Waals surface area contributed by atoms with Crippen LogP contribution >= 0.6 is 11.8 Å². The lowest BCUT2D eigenvalue weighted by atomic mass is 10.1. The predicted octanol–water partition coefficient (Wildman–Crippen LogP) is 1.47. The molecule has 1 amide bonds. The fraction of sp³-hybridized carbons (Fsp3) is 0.333. The number of hydrogen-bond donors (Lipinski definition) is 2. The van der Waals surface area contributed by atoms with Gasteiger partial charge in [-0.25, -0.2) is 0 Å². The molecule has 4 nitrogen and oxygen atoms in total. The molecule has 0 aliphatic carbocycles. The smallest absolute Gasteiger partial charge is 0.242 e. The van der Waals surface area contributed by atoms with Gasteiger partial charge in [0.05, 0.1) is 17.3 Å². The quantitative estimate of drug-likeness (QED) is 0.830. The molecule has 1 fully saturated rings. The molecule has 1 saturated heterocycles.